The number of hydrogen-bond donors (Lipinski definition) is 1. The zero-order valence-corrected chi connectivity index (χ0v) is 21.7. The predicted octanol–water partition coefficient (Wildman–Crippen LogP) is 2.60. The van der Waals surface area contributed by atoms with E-state index < -0.39 is 0 Å². The number of hydrogen-bond acceptors (Lipinski definition) is 5. The third-order valence-corrected chi connectivity index (χ3v) is 6.40. The van der Waals surface area contributed by atoms with Gasteiger partial charge in [-0.1, -0.05) is 30.3 Å². The molecule has 2 unspecified atom stereocenters. The first-order chi connectivity index (χ1) is 15.1. The van der Waals surface area contributed by atoms with Crippen molar-refractivity contribution in [2.75, 3.05) is 45.9 Å². The molecule has 4 rings (SSSR count). The van der Waals surface area contributed by atoms with Crippen LogP contribution in [0.3, 0.4) is 0 Å². The Hall–Kier alpha value is -1.72. The fourth-order valence-electron chi connectivity index (χ4n) is 4.31. The number of guanidine groups is 1. The lowest BCUT2D eigenvalue weighted by molar-refractivity contribution is 0.0315. The monoisotopic (exact) mass is 553 g/mol. The van der Waals surface area contributed by atoms with Crippen molar-refractivity contribution < 1.29 is 4.74 Å². The lowest BCUT2D eigenvalue weighted by Gasteiger charge is -2.29. The number of nitrogens with one attached hydrogen (secondary N) is 1. The Balaban J connectivity index is 0.00000289. The molecule has 32 heavy (non-hydrogen) atoms. The molecule has 2 fully saturated rings. The number of likely N-dealkylation sites (tertiary alicyclic amines) is 1. The fourth-order valence-corrected chi connectivity index (χ4v) is 4.31. The molecule has 2 aliphatic heterocycles. The maximum atomic E-state index is 5.50. The molecule has 176 valence electrons. The number of ether oxygens (including phenoxy) is 1. The van der Waals surface area contributed by atoms with Crippen LogP contribution in [0.25, 0.3) is 0 Å². The van der Waals surface area contributed by atoms with Crippen molar-refractivity contribution in [3.05, 3.63) is 47.5 Å². The van der Waals surface area contributed by atoms with E-state index in [9.17, 15) is 0 Å². The molecule has 0 radical (unpaired) electrons. The maximum Gasteiger partial charge on any atom is 0.194 e. The summed E-state index contributed by atoms with van der Waals surface area (Å²) in [6, 6.07) is 10.7. The standard InChI is InChI=1S/C23H35N7O.HI/c1-18(21-7-5-4-6-8-21)25-23(24-15-22-27-26-19(2)28(22)3)30-10-9-20(17-30)16-29-11-13-31-14-12-29;/h4-8,18,20H,9-17H2,1-3H3,(H,24,25);1H. The highest BCUT2D eigenvalue weighted by Crippen LogP contribution is 2.20. The van der Waals surface area contributed by atoms with E-state index in [-0.39, 0.29) is 30.0 Å². The second-order valence-electron chi connectivity index (χ2n) is 8.65. The fraction of sp³-hybridized carbons (Fsp3) is 0.609. The van der Waals surface area contributed by atoms with Crippen LogP contribution in [0.5, 0.6) is 0 Å². The molecule has 1 N–H and O–H groups in total. The first kappa shape index (κ1) is 24.9. The van der Waals surface area contributed by atoms with Crippen LogP contribution in [0.1, 0.15) is 36.6 Å². The van der Waals surface area contributed by atoms with Gasteiger partial charge in [0, 0.05) is 39.8 Å². The highest BCUT2D eigenvalue weighted by molar-refractivity contribution is 14.0. The topological polar surface area (TPSA) is 70.8 Å². The molecule has 1 aromatic heterocycles. The van der Waals surface area contributed by atoms with Crippen molar-refractivity contribution in [2.24, 2.45) is 18.0 Å². The Morgan fingerprint density at radius 2 is 1.94 bits per heavy atom. The van der Waals surface area contributed by atoms with Crippen LogP contribution >= 0.6 is 24.0 Å². The molecule has 0 aliphatic carbocycles. The van der Waals surface area contributed by atoms with Gasteiger partial charge in [-0.3, -0.25) is 4.90 Å². The van der Waals surface area contributed by atoms with E-state index in [4.69, 9.17) is 9.73 Å². The van der Waals surface area contributed by atoms with Gasteiger partial charge >= 0.3 is 0 Å². The predicted molar refractivity (Wildman–Crippen MR) is 137 cm³/mol. The summed E-state index contributed by atoms with van der Waals surface area (Å²) in [5.41, 5.74) is 1.26. The Bertz CT molecular complexity index is 866. The number of rotatable bonds is 6. The molecule has 2 aliphatic rings. The average Bonchev–Trinajstić information content (AvgIpc) is 3.39. The van der Waals surface area contributed by atoms with Crippen LogP contribution in [0.4, 0.5) is 0 Å². The van der Waals surface area contributed by atoms with Gasteiger partial charge in [-0.25, -0.2) is 4.99 Å². The summed E-state index contributed by atoms with van der Waals surface area (Å²) >= 11 is 0. The highest BCUT2D eigenvalue weighted by atomic mass is 127. The second-order valence-corrected chi connectivity index (χ2v) is 8.65. The first-order valence-electron chi connectivity index (χ1n) is 11.4. The van der Waals surface area contributed by atoms with Crippen LogP contribution in [0.15, 0.2) is 35.3 Å². The van der Waals surface area contributed by atoms with Crippen molar-refractivity contribution in [3.8, 4) is 0 Å². The minimum absolute atomic E-state index is 0. The molecule has 0 saturated carbocycles. The molecule has 0 bridgehead atoms. The summed E-state index contributed by atoms with van der Waals surface area (Å²) < 4.78 is 7.51. The molecule has 0 amide bonds. The maximum absolute atomic E-state index is 5.50. The summed E-state index contributed by atoms with van der Waals surface area (Å²) in [6.45, 7) is 11.7. The van der Waals surface area contributed by atoms with Gasteiger partial charge in [0.2, 0.25) is 0 Å². The summed E-state index contributed by atoms with van der Waals surface area (Å²) in [5, 5.41) is 12.1. The van der Waals surface area contributed by atoms with Crippen LogP contribution in [0, 0.1) is 12.8 Å². The zero-order chi connectivity index (χ0) is 21.6. The highest BCUT2D eigenvalue weighted by Gasteiger charge is 2.28. The largest absolute Gasteiger partial charge is 0.379 e. The minimum atomic E-state index is 0. The SMILES string of the molecule is Cc1nnc(CN=C(NC(C)c2ccccc2)N2CCC(CN3CCOCC3)C2)n1C.I. The number of halogens is 1. The number of morpholine rings is 1. The van der Waals surface area contributed by atoms with E-state index in [1.165, 1.54) is 12.0 Å². The third kappa shape index (κ3) is 6.41. The number of aliphatic imine (C=N–C) groups is 1. The summed E-state index contributed by atoms with van der Waals surface area (Å²) in [5.74, 6) is 3.41. The molecule has 2 aromatic rings. The summed E-state index contributed by atoms with van der Waals surface area (Å²) in [7, 11) is 1.99. The summed E-state index contributed by atoms with van der Waals surface area (Å²) in [4.78, 5) is 9.92. The van der Waals surface area contributed by atoms with E-state index in [2.05, 4.69) is 62.6 Å². The van der Waals surface area contributed by atoms with Crippen LogP contribution in [-0.2, 0) is 18.3 Å². The summed E-state index contributed by atoms with van der Waals surface area (Å²) in [6.07, 6.45) is 1.20. The van der Waals surface area contributed by atoms with Crippen molar-refractivity contribution in [1.82, 2.24) is 29.9 Å². The second kappa shape index (κ2) is 11.9. The van der Waals surface area contributed by atoms with Gasteiger partial charge in [0.25, 0.3) is 0 Å². The van der Waals surface area contributed by atoms with Crippen LogP contribution in [0.2, 0.25) is 0 Å². The number of benzene rings is 1. The molecule has 9 heteroatoms. The quantitative estimate of drug-likeness (QED) is 0.337. The smallest absolute Gasteiger partial charge is 0.194 e. The van der Waals surface area contributed by atoms with Crippen molar-refractivity contribution >= 4 is 29.9 Å². The molecular formula is C23H36IN7O. The van der Waals surface area contributed by atoms with E-state index in [0.29, 0.717) is 12.5 Å². The van der Waals surface area contributed by atoms with Gasteiger partial charge < -0.3 is 19.5 Å². The van der Waals surface area contributed by atoms with Gasteiger partial charge in [0.15, 0.2) is 11.8 Å². The number of aryl methyl sites for hydroxylation is 1. The minimum Gasteiger partial charge on any atom is -0.379 e. The lowest BCUT2D eigenvalue weighted by atomic mass is 10.1. The Morgan fingerprint density at radius 1 is 1.19 bits per heavy atom. The number of nitrogens with zero attached hydrogens (tertiary/aromatic N) is 6. The molecule has 2 atom stereocenters. The Labute approximate surface area is 208 Å². The average molecular weight is 553 g/mol. The van der Waals surface area contributed by atoms with Crippen molar-refractivity contribution in [3.63, 3.8) is 0 Å². The molecule has 2 saturated heterocycles. The van der Waals surface area contributed by atoms with Crippen LogP contribution < -0.4 is 5.32 Å². The van der Waals surface area contributed by atoms with Crippen LogP contribution in [-0.4, -0.2) is 76.5 Å². The van der Waals surface area contributed by atoms with Gasteiger partial charge in [-0.15, -0.1) is 34.2 Å². The van der Waals surface area contributed by atoms with Gasteiger partial charge in [0.05, 0.1) is 19.3 Å². The Morgan fingerprint density at radius 3 is 2.62 bits per heavy atom. The van der Waals surface area contributed by atoms with Gasteiger partial charge in [-0.05, 0) is 31.7 Å². The van der Waals surface area contributed by atoms with Gasteiger partial charge in [0.1, 0.15) is 12.4 Å². The van der Waals surface area contributed by atoms with E-state index in [1.807, 2.05) is 18.5 Å². The lowest BCUT2D eigenvalue weighted by Crippen LogP contribution is -2.43. The molecule has 1 aromatic carbocycles. The van der Waals surface area contributed by atoms with E-state index >= 15 is 0 Å². The molecule has 0 spiro atoms. The first-order valence-corrected chi connectivity index (χ1v) is 11.4. The third-order valence-electron chi connectivity index (χ3n) is 6.40. The molecule has 8 nitrogen and oxygen atoms in total. The van der Waals surface area contributed by atoms with E-state index in [0.717, 1.165) is 63.5 Å². The van der Waals surface area contributed by atoms with Crippen molar-refractivity contribution in [1.29, 1.82) is 0 Å². The molecule has 3 heterocycles. The zero-order valence-electron chi connectivity index (χ0n) is 19.4. The number of aromatic nitrogens is 3. The molecular weight excluding hydrogens is 517 g/mol. The van der Waals surface area contributed by atoms with E-state index in [1.54, 1.807) is 0 Å². The normalized spacial score (nSPS) is 20.8. The van der Waals surface area contributed by atoms with Gasteiger partial charge in [-0.2, -0.15) is 0 Å². The van der Waals surface area contributed by atoms with Crippen molar-refractivity contribution in [2.45, 2.75) is 32.9 Å². The Kier molecular flexibility index (Phi) is 9.30.